The van der Waals surface area contributed by atoms with E-state index < -0.39 is 12.2 Å². The van der Waals surface area contributed by atoms with Crippen molar-refractivity contribution in [2.75, 3.05) is 5.75 Å². The first-order chi connectivity index (χ1) is 23.0. The molecule has 4 aromatic rings. The molecule has 0 aliphatic carbocycles. The number of thioether (sulfide) groups is 1. The Kier molecular flexibility index (Phi) is 12.9. The largest absolute Gasteiger partial charge is 0.392 e. The minimum absolute atomic E-state index is 0.00567. The van der Waals surface area contributed by atoms with Crippen LogP contribution in [-0.2, 0) is 32.2 Å². The predicted molar refractivity (Wildman–Crippen MR) is 178 cm³/mol. The molecule has 1 aromatic heterocycles. The molecule has 0 bridgehead atoms. The van der Waals surface area contributed by atoms with Crippen molar-refractivity contribution in [2.24, 2.45) is 0 Å². The summed E-state index contributed by atoms with van der Waals surface area (Å²) in [7, 11) is 0. The van der Waals surface area contributed by atoms with Crippen LogP contribution in [0.3, 0.4) is 0 Å². The number of hydrogen-bond acceptors (Lipinski definition) is 9. The van der Waals surface area contributed by atoms with Crippen molar-refractivity contribution >= 4 is 23.6 Å². The van der Waals surface area contributed by atoms with Crippen molar-refractivity contribution in [1.82, 2.24) is 20.8 Å². The lowest BCUT2D eigenvalue weighted by Gasteiger charge is -2.36. The Hall–Kier alpha value is -4.13. The Bertz CT molecular complexity index is 1570. The van der Waals surface area contributed by atoms with Gasteiger partial charge in [0.15, 0.2) is 11.4 Å². The molecule has 1 fully saturated rings. The summed E-state index contributed by atoms with van der Waals surface area (Å²) in [5.41, 5.74) is 7.49. The van der Waals surface area contributed by atoms with Gasteiger partial charge in [-0.3, -0.25) is 14.8 Å². The van der Waals surface area contributed by atoms with Gasteiger partial charge in [0.25, 0.3) is 0 Å². The molecule has 2 heterocycles. The molecule has 4 N–H and O–H groups in total. The van der Waals surface area contributed by atoms with Gasteiger partial charge in [0.1, 0.15) is 0 Å². The zero-order valence-corrected chi connectivity index (χ0v) is 26.9. The summed E-state index contributed by atoms with van der Waals surface area (Å²) in [6.07, 6.45) is 6.01. The van der Waals surface area contributed by atoms with Crippen LogP contribution in [0.25, 0.3) is 11.1 Å². The van der Waals surface area contributed by atoms with Gasteiger partial charge < -0.3 is 19.9 Å². The highest BCUT2D eigenvalue weighted by atomic mass is 32.2. The lowest BCUT2D eigenvalue weighted by atomic mass is 9.99. The number of benzene rings is 3. The second-order valence-corrected chi connectivity index (χ2v) is 12.4. The molecule has 246 valence electrons. The number of carbonyl (C=O) groups excluding carboxylic acids is 2. The van der Waals surface area contributed by atoms with Crippen molar-refractivity contribution in [3.63, 3.8) is 0 Å². The minimum Gasteiger partial charge on any atom is -0.392 e. The maximum Gasteiger partial charge on any atom is 0.243 e. The van der Waals surface area contributed by atoms with Gasteiger partial charge in [-0.05, 0) is 52.8 Å². The van der Waals surface area contributed by atoms with Gasteiger partial charge >= 0.3 is 0 Å². The summed E-state index contributed by atoms with van der Waals surface area (Å²) >= 11 is 1.56. The molecular formula is C36H40N4O6S. The molecule has 5 rings (SSSR count). The van der Waals surface area contributed by atoms with E-state index in [4.69, 9.17) is 14.7 Å². The fourth-order valence-electron chi connectivity index (χ4n) is 5.34. The molecule has 1 saturated heterocycles. The quantitative estimate of drug-likeness (QED) is 0.0396. The van der Waals surface area contributed by atoms with E-state index in [1.807, 2.05) is 54.6 Å². The van der Waals surface area contributed by atoms with E-state index in [1.54, 1.807) is 35.7 Å². The number of hydrogen-bond donors (Lipinski definition) is 4. The van der Waals surface area contributed by atoms with Crippen molar-refractivity contribution in [3.8, 4) is 11.1 Å². The molecule has 1 aliphatic heterocycles. The van der Waals surface area contributed by atoms with Gasteiger partial charge in [-0.1, -0.05) is 84.9 Å². The predicted octanol–water partition coefficient (Wildman–Crippen LogP) is 6.05. The number of nitrogens with zero attached hydrogens (tertiary/aromatic N) is 2. The first-order valence-corrected chi connectivity index (χ1v) is 16.8. The summed E-state index contributed by atoms with van der Waals surface area (Å²) in [5, 5.41) is 21.7. The third-order valence-electron chi connectivity index (χ3n) is 7.92. The zero-order valence-electron chi connectivity index (χ0n) is 26.1. The minimum atomic E-state index is -0.559. The SMILES string of the molecule is O=C(CCCCCC(=O)NCc1cccc(-c2ccc(C3OC(CSc4ncccn4)CC(c4ccc(CO)cc4)O3)cc2)c1)NO. The molecule has 47 heavy (non-hydrogen) atoms. The summed E-state index contributed by atoms with van der Waals surface area (Å²) < 4.78 is 13.0. The zero-order chi connectivity index (χ0) is 32.8. The molecule has 2 amide bonds. The number of aliphatic hydroxyl groups excluding tert-OH is 1. The monoisotopic (exact) mass is 656 g/mol. The molecule has 0 saturated carbocycles. The van der Waals surface area contributed by atoms with E-state index in [9.17, 15) is 14.7 Å². The van der Waals surface area contributed by atoms with Gasteiger partial charge in [-0.2, -0.15) is 0 Å². The number of aliphatic hydroxyl groups is 1. The summed E-state index contributed by atoms with van der Waals surface area (Å²) in [6.45, 7) is 0.420. The maximum atomic E-state index is 12.3. The van der Waals surface area contributed by atoms with Gasteiger partial charge in [-0.25, -0.2) is 15.4 Å². The lowest BCUT2D eigenvalue weighted by molar-refractivity contribution is -0.245. The molecule has 0 radical (unpaired) electrons. The highest BCUT2D eigenvalue weighted by Crippen LogP contribution is 2.39. The third kappa shape index (κ3) is 10.4. The third-order valence-corrected chi connectivity index (χ3v) is 8.93. The van der Waals surface area contributed by atoms with Crippen LogP contribution in [0.1, 0.15) is 73.2 Å². The number of amides is 2. The number of unbranched alkanes of at least 4 members (excludes halogenated alkanes) is 2. The Labute approximate surface area is 278 Å². The molecule has 3 aromatic carbocycles. The topological polar surface area (TPSA) is 143 Å². The number of ether oxygens (including phenoxy) is 2. The highest BCUT2D eigenvalue weighted by Gasteiger charge is 2.32. The molecule has 1 aliphatic rings. The standard InChI is InChI=1S/C36H40N4O6S/c41-23-25-10-12-28(13-11-25)32-21-31(24-47-36-37-18-5-19-38-36)45-35(46-32)29-16-14-27(15-17-29)30-7-4-6-26(20-30)22-39-33(42)8-2-1-3-9-34(43)40-44/h4-7,10-20,31-32,35,41,44H,1-3,8-9,21-24H2,(H,39,42)(H,40,43). The molecule has 3 unspecified atom stereocenters. The molecule has 11 heteroatoms. The second kappa shape index (κ2) is 17.7. The van der Waals surface area contributed by atoms with E-state index in [1.165, 1.54) is 0 Å². The van der Waals surface area contributed by atoms with Crippen molar-refractivity contribution in [2.45, 2.75) is 75.3 Å². The molecular weight excluding hydrogens is 616 g/mol. The lowest BCUT2D eigenvalue weighted by Crippen LogP contribution is -2.31. The number of carbonyl (C=O) groups is 2. The van der Waals surface area contributed by atoms with Crippen molar-refractivity contribution < 1.29 is 29.4 Å². The van der Waals surface area contributed by atoms with Crippen LogP contribution >= 0.6 is 11.8 Å². The summed E-state index contributed by atoms with van der Waals surface area (Å²) in [4.78, 5) is 32.1. The molecule has 3 atom stereocenters. The van der Waals surface area contributed by atoms with Crippen LogP contribution < -0.4 is 10.8 Å². The first-order valence-electron chi connectivity index (χ1n) is 15.8. The molecule has 0 spiro atoms. The maximum absolute atomic E-state index is 12.3. The second-order valence-electron chi connectivity index (χ2n) is 11.4. The van der Waals surface area contributed by atoms with Gasteiger partial charge in [0, 0.05) is 49.5 Å². The van der Waals surface area contributed by atoms with E-state index >= 15 is 0 Å². The average Bonchev–Trinajstić information content (AvgIpc) is 3.13. The van der Waals surface area contributed by atoms with E-state index in [-0.39, 0.29) is 31.1 Å². The van der Waals surface area contributed by atoms with Crippen LogP contribution in [0.15, 0.2) is 96.4 Å². The number of rotatable bonds is 15. The van der Waals surface area contributed by atoms with Crippen molar-refractivity contribution in [3.05, 3.63) is 114 Å². The Morgan fingerprint density at radius 1 is 0.809 bits per heavy atom. The van der Waals surface area contributed by atoms with Gasteiger partial charge in [-0.15, -0.1) is 0 Å². The van der Waals surface area contributed by atoms with Crippen molar-refractivity contribution in [1.29, 1.82) is 0 Å². The normalized spacial score (nSPS) is 17.6. The van der Waals surface area contributed by atoms with E-state index in [0.717, 1.165) is 39.8 Å². The van der Waals surface area contributed by atoms with Crippen LogP contribution in [0.2, 0.25) is 0 Å². The van der Waals surface area contributed by atoms with E-state index in [2.05, 4.69) is 33.5 Å². The van der Waals surface area contributed by atoms with Crippen LogP contribution in [0, 0.1) is 0 Å². The number of nitrogens with one attached hydrogen (secondary N) is 2. The summed E-state index contributed by atoms with van der Waals surface area (Å²) in [6, 6.07) is 25.9. The summed E-state index contributed by atoms with van der Waals surface area (Å²) in [5.74, 6) is 0.238. The fraction of sp³-hybridized carbons (Fsp3) is 0.333. The van der Waals surface area contributed by atoms with E-state index in [0.29, 0.717) is 43.1 Å². The highest BCUT2D eigenvalue weighted by molar-refractivity contribution is 7.99. The van der Waals surface area contributed by atoms with Crippen LogP contribution in [0.5, 0.6) is 0 Å². The fourth-order valence-corrected chi connectivity index (χ4v) is 6.16. The Balaban J connectivity index is 1.20. The number of hydroxylamine groups is 1. The van der Waals surface area contributed by atoms with Gasteiger partial charge in [0.05, 0.1) is 18.8 Å². The first kappa shape index (κ1) is 34.2. The Morgan fingerprint density at radius 3 is 2.26 bits per heavy atom. The van der Waals surface area contributed by atoms with Gasteiger partial charge in [0.2, 0.25) is 11.8 Å². The molecule has 10 nitrogen and oxygen atoms in total. The van der Waals surface area contributed by atoms with Crippen LogP contribution in [-0.4, -0.2) is 44.0 Å². The Morgan fingerprint density at radius 2 is 1.53 bits per heavy atom. The average molecular weight is 657 g/mol. The smallest absolute Gasteiger partial charge is 0.243 e. The number of aromatic nitrogens is 2. The van der Waals surface area contributed by atoms with Crippen LogP contribution in [0.4, 0.5) is 0 Å².